The Bertz CT molecular complexity index is 491. The summed E-state index contributed by atoms with van der Waals surface area (Å²) < 4.78 is 40.9. The minimum Gasteiger partial charge on any atom is -0.484 e. The van der Waals surface area contributed by atoms with Gasteiger partial charge in [0.1, 0.15) is 5.75 Å². The van der Waals surface area contributed by atoms with Crippen molar-refractivity contribution in [3.05, 3.63) is 24.3 Å². The van der Waals surface area contributed by atoms with E-state index >= 15 is 0 Å². The van der Waals surface area contributed by atoms with Crippen LogP contribution >= 0.6 is 0 Å². The Balaban J connectivity index is 2.43. The molecule has 5 nitrogen and oxygen atoms in total. The van der Waals surface area contributed by atoms with Crippen molar-refractivity contribution in [1.29, 1.82) is 0 Å². The van der Waals surface area contributed by atoms with Crippen molar-refractivity contribution < 1.29 is 22.7 Å². The lowest BCUT2D eigenvalue weighted by Gasteiger charge is -2.18. The molecule has 23 heavy (non-hydrogen) atoms. The van der Waals surface area contributed by atoms with Gasteiger partial charge >= 0.3 is 12.2 Å². The Morgan fingerprint density at radius 3 is 2.57 bits per heavy atom. The predicted molar refractivity (Wildman–Crippen MR) is 82.8 cm³/mol. The van der Waals surface area contributed by atoms with Crippen LogP contribution in [-0.2, 0) is 0 Å². The molecule has 1 rings (SSSR count). The molecule has 0 saturated heterocycles. The summed E-state index contributed by atoms with van der Waals surface area (Å²) in [5, 5.41) is 5.25. The molecule has 2 amide bonds. The summed E-state index contributed by atoms with van der Waals surface area (Å²) in [6.45, 7) is 5.72. The molecule has 0 saturated carbocycles. The van der Waals surface area contributed by atoms with Crippen molar-refractivity contribution in [2.45, 2.75) is 20.0 Å². The Labute approximate surface area is 133 Å². The number of urea groups is 1. The zero-order valence-corrected chi connectivity index (χ0v) is 13.2. The van der Waals surface area contributed by atoms with E-state index in [-0.39, 0.29) is 5.75 Å². The maximum absolute atomic E-state index is 12.1. The first-order valence-electron chi connectivity index (χ1n) is 7.41. The fourth-order valence-corrected chi connectivity index (χ4v) is 1.87. The maximum Gasteiger partial charge on any atom is 0.422 e. The minimum absolute atomic E-state index is 0.0447. The average Bonchev–Trinajstić information content (AvgIpc) is 2.49. The third-order valence-corrected chi connectivity index (χ3v) is 3.10. The van der Waals surface area contributed by atoms with Crippen molar-refractivity contribution in [1.82, 2.24) is 10.2 Å². The maximum atomic E-state index is 12.1. The van der Waals surface area contributed by atoms with Crippen LogP contribution in [0.1, 0.15) is 13.8 Å². The third kappa shape index (κ3) is 8.29. The smallest absolute Gasteiger partial charge is 0.422 e. The number of benzene rings is 1. The van der Waals surface area contributed by atoms with Crippen LogP contribution in [0.25, 0.3) is 0 Å². The van der Waals surface area contributed by atoms with Gasteiger partial charge in [-0.15, -0.1) is 0 Å². The van der Waals surface area contributed by atoms with E-state index in [1.807, 2.05) is 13.8 Å². The highest BCUT2D eigenvalue weighted by molar-refractivity contribution is 5.89. The zero-order valence-electron chi connectivity index (χ0n) is 13.2. The molecule has 1 aromatic rings. The van der Waals surface area contributed by atoms with E-state index in [0.29, 0.717) is 12.2 Å². The monoisotopic (exact) mass is 333 g/mol. The molecule has 0 aliphatic carbocycles. The number of hydrogen-bond acceptors (Lipinski definition) is 3. The second-order valence-electron chi connectivity index (χ2n) is 4.84. The number of halogens is 3. The lowest BCUT2D eigenvalue weighted by molar-refractivity contribution is -0.153. The van der Waals surface area contributed by atoms with E-state index in [0.717, 1.165) is 19.6 Å². The zero-order chi connectivity index (χ0) is 17.3. The number of amides is 2. The van der Waals surface area contributed by atoms with Crippen molar-refractivity contribution in [2.75, 3.05) is 38.1 Å². The topological polar surface area (TPSA) is 53.6 Å². The molecule has 0 unspecified atom stereocenters. The van der Waals surface area contributed by atoms with Gasteiger partial charge in [-0.3, -0.25) is 0 Å². The van der Waals surface area contributed by atoms with Crippen LogP contribution in [0, 0.1) is 0 Å². The number of anilines is 1. The van der Waals surface area contributed by atoms with Crippen LogP contribution in [0.3, 0.4) is 0 Å². The van der Waals surface area contributed by atoms with E-state index < -0.39 is 18.8 Å². The van der Waals surface area contributed by atoms with Crippen LogP contribution in [0.5, 0.6) is 5.75 Å². The standard InChI is InChI=1S/C15H22F3N3O2/c1-3-21(4-2)9-8-19-14(22)20-12-6-5-7-13(10-12)23-11-15(16,17)18/h5-7,10H,3-4,8-9,11H2,1-2H3,(H2,19,20,22). The highest BCUT2D eigenvalue weighted by Crippen LogP contribution is 2.21. The highest BCUT2D eigenvalue weighted by atomic mass is 19.4. The van der Waals surface area contributed by atoms with Gasteiger partial charge in [0.25, 0.3) is 0 Å². The van der Waals surface area contributed by atoms with Gasteiger partial charge in [-0.2, -0.15) is 13.2 Å². The molecule has 0 fully saturated rings. The van der Waals surface area contributed by atoms with E-state index in [1.165, 1.54) is 18.2 Å². The lowest BCUT2D eigenvalue weighted by Crippen LogP contribution is -2.36. The Morgan fingerprint density at radius 2 is 1.96 bits per heavy atom. The molecular formula is C15H22F3N3O2. The lowest BCUT2D eigenvalue weighted by atomic mass is 10.3. The fourth-order valence-electron chi connectivity index (χ4n) is 1.87. The number of likely N-dealkylation sites (N-methyl/N-ethyl adjacent to an activating group) is 1. The summed E-state index contributed by atoms with van der Waals surface area (Å²) in [4.78, 5) is 13.9. The van der Waals surface area contributed by atoms with Crippen LogP contribution in [-0.4, -0.2) is 49.9 Å². The second-order valence-corrected chi connectivity index (χ2v) is 4.84. The second kappa shape index (κ2) is 9.24. The molecule has 130 valence electrons. The number of alkyl halides is 3. The normalized spacial score (nSPS) is 11.4. The van der Waals surface area contributed by atoms with Gasteiger partial charge in [-0.05, 0) is 25.2 Å². The molecule has 0 spiro atoms. The summed E-state index contributed by atoms with van der Waals surface area (Å²) in [5.41, 5.74) is 0.366. The Hall–Kier alpha value is -1.96. The van der Waals surface area contributed by atoms with E-state index in [4.69, 9.17) is 0 Å². The molecule has 0 bridgehead atoms. The molecule has 0 heterocycles. The molecule has 0 aromatic heterocycles. The average molecular weight is 333 g/mol. The minimum atomic E-state index is -4.40. The SMILES string of the molecule is CCN(CC)CCNC(=O)Nc1cccc(OCC(F)(F)F)c1. The molecule has 0 atom stereocenters. The number of nitrogens with one attached hydrogen (secondary N) is 2. The van der Waals surface area contributed by atoms with Crippen LogP contribution in [0.4, 0.5) is 23.7 Å². The number of nitrogens with zero attached hydrogens (tertiary/aromatic N) is 1. The van der Waals surface area contributed by atoms with Gasteiger partial charge in [0, 0.05) is 24.8 Å². The van der Waals surface area contributed by atoms with Gasteiger partial charge < -0.3 is 20.3 Å². The molecular weight excluding hydrogens is 311 g/mol. The number of rotatable bonds is 8. The first-order valence-corrected chi connectivity index (χ1v) is 7.41. The van der Waals surface area contributed by atoms with E-state index in [9.17, 15) is 18.0 Å². The molecule has 0 aliphatic heterocycles. The van der Waals surface area contributed by atoms with Gasteiger partial charge in [-0.25, -0.2) is 4.79 Å². The van der Waals surface area contributed by atoms with Crippen molar-refractivity contribution in [3.8, 4) is 5.75 Å². The summed E-state index contributed by atoms with van der Waals surface area (Å²) in [6, 6.07) is 5.41. The van der Waals surface area contributed by atoms with Crippen molar-refractivity contribution in [3.63, 3.8) is 0 Å². The van der Waals surface area contributed by atoms with E-state index in [1.54, 1.807) is 6.07 Å². The number of hydrogen-bond donors (Lipinski definition) is 2. The summed E-state index contributed by atoms with van der Waals surface area (Å²) in [5.74, 6) is 0.0447. The Morgan fingerprint density at radius 1 is 1.26 bits per heavy atom. The number of ether oxygens (including phenoxy) is 1. The van der Waals surface area contributed by atoms with Gasteiger partial charge in [0.2, 0.25) is 0 Å². The molecule has 0 aliphatic rings. The van der Waals surface area contributed by atoms with Crippen molar-refractivity contribution in [2.24, 2.45) is 0 Å². The number of carbonyl (C=O) groups is 1. The quantitative estimate of drug-likeness (QED) is 0.769. The summed E-state index contributed by atoms with van der Waals surface area (Å²) in [7, 11) is 0. The first-order chi connectivity index (χ1) is 10.8. The third-order valence-electron chi connectivity index (χ3n) is 3.10. The molecule has 8 heteroatoms. The predicted octanol–water partition coefficient (Wildman–Crippen LogP) is 3.09. The van der Waals surface area contributed by atoms with Gasteiger partial charge in [0.15, 0.2) is 6.61 Å². The molecule has 0 radical (unpaired) electrons. The summed E-state index contributed by atoms with van der Waals surface area (Å²) >= 11 is 0. The van der Waals surface area contributed by atoms with Gasteiger partial charge in [0.05, 0.1) is 0 Å². The number of carbonyl (C=O) groups excluding carboxylic acids is 1. The van der Waals surface area contributed by atoms with Crippen molar-refractivity contribution >= 4 is 11.7 Å². The summed E-state index contributed by atoms with van der Waals surface area (Å²) in [6.07, 6.45) is -4.40. The molecule has 2 N–H and O–H groups in total. The fraction of sp³-hybridized carbons (Fsp3) is 0.533. The molecule has 1 aromatic carbocycles. The largest absolute Gasteiger partial charge is 0.484 e. The van der Waals surface area contributed by atoms with E-state index in [2.05, 4.69) is 20.3 Å². The van der Waals surface area contributed by atoms with Crippen LogP contribution in [0.15, 0.2) is 24.3 Å². The van der Waals surface area contributed by atoms with Gasteiger partial charge in [-0.1, -0.05) is 19.9 Å². The first kappa shape index (κ1) is 19.1. The Kier molecular flexibility index (Phi) is 7.67. The highest BCUT2D eigenvalue weighted by Gasteiger charge is 2.28. The van der Waals surface area contributed by atoms with Crippen LogP contribution in [0.2, 0.25) is 0 Å². The van der Waals surface area contributed by atoms with Crippen LogP contribution < -0.4 is 15.4 Å².